The van der Waals surface area contributed by atoms with Gasteiger partial charge in [-0.2, -0.15) is 0 Å². The fourth-order valence-corrected chi connectivity index (χ4v) is 2.65. The molecular weight excluding hydrogens is 262 g/mol. The van der Waals surface area contributed by atoms with Gasteiger partial charge in [-0.15, -0.1) is 0 Å². The van der Waals surface area contributed by atoms with E-state index in [2.05, 4.69) is 15.5 Å². The molecule has 0 unspecified atom stereocenters. The van der Waals surface area contributed by atoms with E-state index >= 15 is 0 Å². The third-order valence-corrected chi connectivity index (χ3v) is 3.90. The van der Waals surface area contributed by atoms with Crippen molar-refractivity contribution in [3.8, 4) is 0 Å². The molecule has 116 valence electrons. The largest absolute Gasteiger partial charge is 0.326 e. The highest BCUT2D eigenvalue weighted by Gasteiger charge is 2.08. The normalized spacial score (nSPS) is 15.8. The molecule has 1 fully saturated rings. The van der Waals surface area contributed by atoms with Gasteiger partial charge in [0.1, 0.15) is 0 Å². The summed E-state index contributed by atoms with van der Waals surface area (Å²) in [7, 11) is 0. The number of nitrogens with one attached hydrogen (secondary N) is 2. The number of hydrogen-bond acceptors (Lipinski definition) is 3. The lowest BCUT2D eigenvalue weighted by atomic mass is 10.1. The van der Waals surface area contributed by atoms with Crippen LogP contribution in [0, 0.1) is 0 Å². The first-order valence-corrected chi connectivity index (χ1v) is 8.12. The van der Waals surface area contributed by atoms with Gasteiger partial charge in [0.25, 0.3) is 0 Å². The van der Waals surface area contributed by atoms with Crippen LogP contribution in [0.3, 0.4) is 0 Å². The average Bonchev–Trinajstić information content (AvgIpc) is 2.53. The first kappa shape index (κ1) is 16.0. The van der Waals surface area contributed by atoms with Gasteiger partial charge in [-0.25, -0.2) is 0 Å². The van der Waals surface area contributed by atoms with Crippen molar-refractivity contribution >= 4 is 11.6 Å². The summed E-state index contributed by atoms with van der Waals surface area (Å²) >= 11 is 0. The first-order valence-electron chi connectivity index (χ1n) is 8.12. The van der Waals surface area contributed by atoms with Gasteiger partial charge in [0, 0.05) is 38.3 Å². The van der Waals surface area contributed by atoms with Gasteiger partial charge in [-0.3, -0.25) is 4.79 Å². The van der Waals surface area contributed by atoms with E-state index in [1.54, 1.807) is 0 Å². The third-order valence-electron chi connectivity index (χ3n) is 3.90. The van der Waals surface area contributed by atoms with Crippen LogP contribution in [-0.2, 0) is 4.79 Å². The summed E-state index contributed by atoms with van der Waals surface area (Å²) in [5.41, 5.74) is 0.890. The molecule has 2 rings (SSSR count). The maximum atomic E-state index is 11.8. The maximum absolute atomic E-state index is 11.8. The minimum atomic E-state index is 0.128. The van der Waals surface area contributed by atoms with E-state index in [1.165, 1.54) is 32.5 Å². The van der Waals surface area contributed by atoms with Crippen LogP contribution in [0.2, 0.25) is 0 Å². The number of benzene rings is 1. The van der Waals surface area contributed by atoms with E-state index < -0.39 is 0 Å². The third kappa shape index (κ3) is 6.74. The molecule has 21 heavy (non-hydrogen) atoms. The van der Waals surface area contributed by atoms with Crippen LogP contribution in [0.25, 0.3) is 0 Å². The predicted octanol–water partition coefficient (Wildman–Crippen LogP) is 2.48. The minimum absolute atomic E-state index is 0.128. The Labute approximate surface area is 127 Å². The number of piperazine rings is 1. The molecule has 4 heteroatoms. The van der Waals surface area contributed by atoms with E-state index in [-0.39, 0.29) is 5.91 Å². The van der Waals surface area contributed by atoms with E-state index in [4.69, 9.17) is 0 Å². The Hall–Kier alpha value is -1.39. The molecule has 0 aliphatic carbocycles. The SMILES string of the molecule is O=C(CCCCCCN1CCNCC1)Nc1ccccc1. The van der Waals surface area contributed by atoms with Gasteiger partial charge in [0.15, 0.2) is 0 Å². The first-order chi connectivity index (χ1) is 10.3. The van der Waals surface area contributed by atoms with Gasteiger partial charge in [0.2, 0.25) is 5.91 Å². The summed E-state index contributed by atoms with van der Waals surface area (Å²) in [6.07, 6.45) is 5.24. The maximum Gasteiger partial charge on any atom is 0.224 e. The van der Waals surface area contributed by atoms with Crippen molar-refractivity contribution in [1.29, 1.82) is 0 Å². The number of unbranched alkanes of at least 4 members (excludes halogenated alkanes) is 3. The van der Waals surface area contributed by atoms with Crippen LogP contribution in [0.15, 0.2) is 30.3 Å². The molecule has 0 spiro atoms. The Balaban J connectivity index is 1.46. The average molecular weight is 289 g/mol. The van der Waals surface area contributed by atoms with Crippen molar-refractivity contribution in [2.45, 2.75) is 32.1 Å². The van der Waals surface area contributed by atoms with Gasteiger partial charge in [-0.1, -0.05) is 31.0 Å². The number of carbonyl (C=O) groups is 1. The molecular formula is C17H27N3O. The second-order valence-corrected chi connectivity index (χ2v) is 5.67. The number of nitrogens with zero attached hydrogens (tertiary/aromatic N) is 1. The number of carbonyl (C=O) groups excluding carboxylic acids is 1. The lowest BCUT2D eigenvalue weighted by Crippen LogP contribution is -2.43. The van der Waals surface area contributed by atoms with Crippen molar-refractivity contribution in [2.24, 2.45) is 0 Å². The number of hydrogen-bond donors (Lipinski definition) is 2. The molecule has 0 aromatic heterocycles. The molecule has 1 aromatic carbocycles. The predicted molar refractivity (Wildman–Crippen MR) is 87.5 cm³/mol. The van der Waals surface area contributed by atoms with E-state index in [9.17, 15) is 4.79 Å². The Morgan fingerprint density at radius 1 is 1.05 bits per heavy atom. The molecule has 0 saturated carbocycles. The fourth-order valence-electron chi connectivity index (χ4n) is 2.65. The zero-order valence-corrected chi connectivity index (χ0v) is 12.8. The molecule has 1 saturated heterocycles. The summed E-state index contributed by atoms with van der Waals surface area (Å²) in [6, 6.07) is 9.67. The fraction of sp³-hybridized carbons (Fsp3) is 0.588. The molecule has 1 aromatic rings. The smallest absolute Gasteiger partial charge is 0.224 e. The van der Waals surface area contributed by atoms with Gasteiger partial charge in [-0.05, 0) is 31.5 Å². The van der Waals surface area contributed by atoms with Crippen molar-refractivity contribution in [1.82, 2.24) is 10.2 Å². The van der Waals surface area contributed by atoms with Crippen LogP contribution in [0.4, 0.5) is 5.69 Å². The van der Waals surface area contributed by atoms with E-state index in [1.807, 2.05) is 30.3 Å². The van der Waals surface area contributed by atoms with Gasteiger partial charge in [0.05, 0.1) is 0 Å². The molecule has 0 radical (unpaired) electrons. The lowest BCUT2D eigenvalue weighted by Gasteiger charge is -2.26. The molecule has 1 amide bonds. The zero-order valence-electron chi connectivity index (χ0n) is 12.8. The molecule has 1 aliphatic rings. The molecule has 4 nitrogen and oxygen atoms in total. The number of para-hydroxylation sites is 1. The van der Waals surface area contributed by atoms with E-state index in [0.717, 1.165) is 31.6 Å². The Morgan fingerprint density at radius 3 is 2.52 bits per heavy atom. The van der Waals surface area contributed by atoms with Crippen LogP contribution >= 0.6 is 0 Å². The highest BCUT2D eigenvalue weighted by atomic mass is 16.1. The summed E-state index contributed by atoms with van der Waals surface area (Å²) < 4.78 is 0. The van der Waals surface area contributed by atoms with Gasteiger partial charge >= 0.3 is 0 Å². The molecule has 2 N–H and O–H groups in total. The van der Waals surface area contributed by atoms with Crippen LogP contribution in [0.1, 0.15) is 32.1 Å². The monoisotopic (exact) mass is 289 g/mol. The van der Waals surface area contributed by atoms with Gasteiger partial charge < -0.3 is 15.5 Å². The van der Waals surface area contributed by atoms with Crippen LogP contribution < -0.4 is 10.6 Å². The summed E-state index contributed by atoms with van der Waals surface area (Å²) in [4.78, 5) is 14.3. The Kier molecular flexibility index (Phi) is 7.25. The number of anilines is 1. The van der Waals surface area contributed by atoms with Crippen molar-refractivity contribution < 1.29 is 4.79 Å². The molecule has 0 atom stereocenters. The highest BCUT2D eigenvalue weighted by Crippen LogP contribution is 2.09. The molecule has 0 bridgehead atoms. The van der Waals surface area contributed by atoms with E-state index in [0.29, 0.717) is 6.42 Å². The van der Waals surface area contributed by atoms with Crippen molar-refractivity contribution in [3.05, 3.63) is 30.3 Å². The number of amides is 1. The Morgan fingerprint density at radius 2 is 1.76 bits per heavy atom. The second-order valence-electron chi connectivity index (χ2n) is 5.67. The Bertz CT molecular complexity index is 402. The zero-order chi connectivity index (χ0) is 14.8. The van der Waals surface area contributed by atoms with Crippen LogP contribution in [0.5, 0.6) is 0 Å². The second kappa shape index (κ2) is 9.53. The quantitative estimate of drug-likeness (QED) is 0.723. The summed E-state index contributed by atoms with van der Waals surface area (Å²) in [5, 5.41) is 6.30. The molecule has 1 aliphatic heterocycles. The van der Waals surface area contributed by atoms with Crippen molar-refractivity contribution in [3.63, 3.8) is 0 Å². The highest BCUT2D eigenvalue weighted by molar-refractivity contribution is 5.90. The summed E-state index contributed by atoms with van der Waals surface area (Å²) in [6.45, 7) is 5.82. The molecule has 1 heterocycles. The van der Waals surface area contributed by atoms with Crippen molar-refractivity contribution in [2.75, 3.05) is 38.0 Å². The minimum Gasteiger partial charge on any atom is -0.326 e. The standard InChI is InChI=1S/C17H27N3O/c21-17(19-16-8-4-3-5-9-16)10-6-1-2-7-13-20-14-11-18-12-15-20/h3-5,8-9,18H,1-2,6-7,10-15H2,(H,19,21). The summed E-state index contributed by atoms with van der Waals surface area (Å²) in [5.74, 6) is 0.128. The topological polar surface area (TPSA) is 44.4 Å². The lowest BCUT2D eigenvalue weighted by molar-refractivity contribution is -0.116. The van der Waals surface area contributed by atoms with Crippen LogP contribution in [-0.4, -0.2) is 43.5 Å². The number of rotatable bonds is 8.